The molecule has 35 heavy (non-hydrogen) atoms. The third-order valence-corrected chi connectivity index (χ3v) is 7.14. The number of nitriles is 1. The number of anilines is 3. The fraction of sp³-hybridized carbons (Fsp3) is 0.250. The van der Waals surface area contributed by atoms with Gasteiger partial charge < -0.3 is 15.7 Å². The number of aliphatic hydroxyl groups is 1. The van der Waals surface area contributed by atoms with Crippen molar-refractivity contribution in [2.75, 3.05) is 41.7 Å². The zero-order chi connectivity index (χ0) is 25.4. The summed E-state index contributed by atoms with van der Waals surface area (Å²) in [5.74, 6) is 0.664. The van der Waals surface area contributed by atoms with Crippen LogP contribution in [0.2, 0.25) is 0 Å². The van der Waals surface area contributed by atoms with Crippen LogP contribution in [0.5, 0.6) is 0 Å². The van der Waals surface area contributed by atoms with Crippen molar-refractivity contribution < 1.29 is 13.5 Å². The van der Waals surface area contributed by atoms with Crippen molar-refractivity contribution in [1.82, 2.24) is 4.98 Å². The molecule has 1 aromatic heterocycles. The first-order chi connectivity index (χ1) is 16.9. The monoisotopic (exact) mass is 493 g/mol. The second-order valence-electron chi connectivity index (χ2n) is 7.34. The summed E-state index contributed by atoms with van der Waals surface area (Å²) in [6.07, 6.45) is 0. The van der Waals surface area contributed by atoms with Crippen LogP contribution in [0.1, 0.15) is 18.1 Å². The molecule has 1 heterocycles. The van der Waals surface area contributed by atoms with Crippen molar-refractivity contribution >= 4 is 38.7 Å². The molecule has 0 unspecified atom stereocenters. The average molecular weight is 494 g/mol. The van der Waals surface area contributed by atoms with Crippen LogP contribution in [0.4, 0.5) is 28.7 Å². The number of hydrogen-bond acceptors (Lipinski definition) is 9. The Bertz CT molecular complexity index is 1350. The van der Waals surface area contributed by atoms with Gasteiger partial charge in [0.1, 0.15) is 28.2 Å². The third kappa shape index (κ3) is 5.40. The van der Waals surface area contributed by atoms with E-state index in [4.69, 9.17) is 0 Å². The van der Waals surface area contributed by atoms with E-state index in [0.717, 1.165) is 0 Å². The molecule has 10 nitrogen and oxygen atoms in total. The summed E-state index contributed by atoms with van der Waals surface area (Å²) in [6, 6.07) is 17.3. The smallest absolute Gasteiger partial charge is 0.266 e. The van der Waals surface area contributed by atoms with Crippen LogP contribution < -0.4 is 14.9 Å². The second kappa shape index (κ2) is 11.4. The van der Waals surface area contributed by atoms with Gasteiger partial charge in [-0.25, -0.2) is 13.4 Å². The summed E-state index contributed by atoms with van der Waals surface area (Å²) in [4.78, 5) is 4.39. The molecule has 0 fully saturated rings. The van der Waals surface area contributed by atoms with E-state index in [1.54, 1.807) is 63.4 Å². The van der Waals surface area contributed by atoms with Gasteiger partial charge >= 0.3 is 0 Å². The molecule has 0 bridgehead atoms. The number of nitrogens with zero attached hydrogens (tertiary/aromatic N) is 5. The Kier molecular flexibility index (Phi) is 8.35. The van der Waals surface area contributed by atoms with Gasteiger partial charge in [0, 0.05) is 25.7 Å². The Balaban J connectivity index is 2.11. The first-order valence-corrected chi connectivity index (χ1v) is 12.4. The molecule has 3 N–H and O–H groups in total. The quantitative estimate of drug-likeness (QED) is 0.357. The van der Waals surface area contributed by atoms with Gasteiger partial charge in [-0.05, 0) is 38.1 Å². The molecule has 0 spiro atoms. The van der Waals surface area contributed by atoms with Crippen molar-refractivity contribution in [3.8, 4) is 6.07 Å². The molecule has 0 aliphatic heterocycles. The van der Waals surface area contributed by atoms with E-state index in [1.807, 2.05) is 6.07 Å². The number of sulfonamides is 1. The van der Waals surface area contributed by atoms with Gasteiger partial charge in [-0.1, -0.05) is 30.3 Å². The lowest BCUT2D eigenvalue weighted by molar-refractivity contribution is 0.311. The number of para-hydroxylation sites is 1. The topological polar surface area (TPSA) is 143 Å². The summed E-state index contributed by atoms with van der Waals surface area (Å²) in [7, 11) is -2.30. The molecule has 11 heteroatoms. The minimum absolute atomic E-state index is 0.00251. The van der Waals surface area contributed by atoms with Gasteiger partial charge in [0.15, 0.2) is 5.82 Å². The lowest BCUT2D eigenvalue weighted by Gasteiger charge is -2.23. The van der Waals surface area contributed by atoms with Crippen LogP contribution in [0.3, 0.4) is 0 Å². The maximum atomic E-state index is 13.6. The SMILES string of the molecule is CCN(c1ccccc1)S(=O)(=O)c1ccccc1N=Nc1c(NCCO)nc(NC)c(C#N)c1C. The number of rotatable bonds is 10. The third-order valence-electron chi connectivity index (χ3n) is 5.19. The number of aromatic nitrogens is 1. The lowest BCUT2D eigenvalue weighted by Crippen LogP contribution is -2.30. The van der Waals surface area contributed by atoms with E-state index in [2.05, 4.69) is 31.9 Å². The minimum Gasteiger partial charge on any atom is -0.395 e. The zero-order valence-corrected chi connectivity index (χ0v) is 20.5. The molecule has 0 amide bonds. The molecule has 3 aromatic rings. The number of pyridine rings is 1. The highest BCUT2D eigenvalue weighted by atomic mass is 32.2. The fourth-order valence-electron chi connectivity index (χ4n) is 3.50. The highest BCUT2D eigenvalue weighted by Crippen LogP contribution is 2.36. The van der Waals surface area contributed by atoms with E-state index >= 15 is 0 Å². The van der Waals surface area contributed by atoms with E-state index < -0.39 is 10.0 Å². The molecule has 0 atom stereocenters. The Labute approximate surface area is 205 Å². The summed E-state index contributed by atoms with van der Waals surface area (Å²) in [5.41, 5.74) is 1.76. The first kappa shape index (κ1) is 25.6. The maximum Gasteiger partial charge on any atom is 0.266 e. The maximum absolute atomic E-state index is 13.6. The van der Waals surface area contributed by atoms with Crippen molar-refractivity contribution in [1.29, 1.82) is 5.26 Å². The van der Waals surface area contributed by atoms with Gasteiger partial charge in [0.25, 0.3) is 10.0 Å². The zero-order valence-electron chi connectivity index (χ0n) is 19.7. The molecule has 0 radical (unpaired) electrons. The Morgan fingerprint density at radius 1 is 1.09 bits per heavy atom. The second-order valence-corrected chi connectivity index (χ2v) is 9.17. The van der Waals surface area contributed by atoms with Crippen molar-refractivity contribution in [3.05, 3.63) is 65.7 Å². The number of azo groups is 1. The van der Waals surface area contributed by atoms with E-state index in [1.165, 1.54) is 10.4 Å². The standard InChI is InChI=1S/C24H27N7O3S/c1-4-31(18-10-6-5-7-11-18)35(33,34)21-13-9-8-12-20(21)29-30-22-17(2)19(16-25)23(26-3)28-24(22)27-14-15-32/h5-13,32H,4,14-15H2,1-3H3,(H2,26,27,28). The van der Waals surface area contributed by atoms with Crippen LogP contribution in [-0.2, 0) is 10.0 Å². The van der Waals surface area contributed by atoms with Crippen molar-refractivity contribution in [2.24, 2.45) is 10.2 Å². The minimum atomic E-state index is -3.94. The molecule has 3 rings (SSSR count). The summed E-state index contributed by atoms with van der Waals surface area (Å²) >= 11 is 0. The predicted octanol–water partition coefficient (Wildman–Crippen LogP) is 4.34. The summed E-state index contributed by atoms with van der Waals surface area (Å²) in [5, 5.41) is 33.2. The average Bonchev–Trinajstić information content (AvgIpc) is 2.87. The van der Waals surface area contributed by atoms with Crippen LogP contribution in [0, 0.1) is 18.3 Å². The highest BCUT2D eigenvalue weighted by molar-refractivity contribution is 7.93. The van der Waals surface area contributed by atoms with Crippen LogP contribution in [-0.4, -0.2) is 45.3 Å². The molecular weight excluding hydrogens is 466 g/mol. The van der Waals surface area contributed by atoms with E-state index in [0.29, 0.717) is 22.9 Å². The largest absolute Gasteiger partial charge is 0.395 e. The molecule has 0 saturated carbocycles. The van der Waals surface area contributed by atoms with Crippen LogP contribution in [0.15, 0.2) is 69.7 Å². The summed E-state index contributed by atoms with van der Waals surface area (Å²) in [6.45, 7) is 3.76. The molecular formula is C24H27N7O3S. The Hall–Kier alpha value is -4.01. The molecule has 0 saturated heterocycles. The van der Waals surface area contributed by atoms with Gasteiger partial charge in [-0.15, -0.1) is 10.2 Å². The molecule has 0 aliphatic rings. The van der Waals surface area contributed by atoms with Crippen LogP contribution in [0.25, 0.3) is 0 Å². The predicted molar refractivity (Wildman–Crippen MR) is 136 cm³/mol. The normalized spacial score (nSPS) is 11.3. The van der Waals surface area contributed by atoms with Gasteiger partial charge in [-0.2, -0.15) is 5.26 Å². The molecule has 2 aromatic carbocycles. The number of benzene rings is 2. The van der Waals surface area contributed by atoms with Gasteiger partial charge in [0.2, 0.25) is 0 Å². The Morgan fingerprint density at radius 3 is 2.40 bits per heavy atom. The van der Waals surface area contributed by atoms with E-state index in [-0.39, 0.29) is 41.5 Å². The number of nitrogens with one attached hydrogen (secondary N) is 2. The molecule has 0 aliphatic carbocycles. The van der Waals surface area contributed by atoms with Crippen molar-refractivity contribution in [3.63, 3.8) is 0 Å². The van der Waals surface area contributed by atoms with Gasteiger partial charge in [-0.3, -0.25) is 4.31 Å². The van der Waals surface area contributed by atoms with Crippen molar-refractivity contribution in [2.45, 2.75) is 18.7 Å². The number of hydrogen-bond donors (Lipinski definition) is 3. The molecule has 182 valence electrons. The first-order valence-electron chi connectivity index (χ1n) is 10.9. The Morgan fingerprint density at radius 2 is 1.77 bits per heavy atom. The number of aliphatic hydroxyl groups excluding tert-OH is 1. The van der Waals surface area contributed by atoms with Gasteiger partial charge in [0.05, 0.1) is 17.9 Å². The lowest BCUT2D eigenvalue weighted by atomic mass is 10.1. The highest BCUT2D eigenvalue weighted by Gasteiger charge is 2.26. The fourth-order valence-corrected chi connectivity index (χ4v) is 5.10. The van der Waals surface area contributed by atoms with E-state index in [9.17, 15) is 18.8 Å². The van der Waals surface area contributed by atoms with Crippen LogP contribution >= 0.6 is 0 Å². The summed E-state index contributed by atoms with van der Waals surface area (Å²) < 4.78 is 28.5.